The maximum absolute atomic E-state index is 12.8. The molecule has 0 spiro atoms. The number of nitrogens with zero attached hydrogens (tertiary/aromatic N) is 1. The van der Waals surface area contributed by atoms with Crippen molar-refractivity contribution in [3.63, 3.8) is 0 Å². The highest BCUT2D eigenvalue weighted by Gasteiger charge is 2.33. The van der Waals surface area contributed by atoms with Crippen molar-refractivity contribution < 1.29 is 22.7 Å². The Morgan fingerprint density at radius 3 is 2.48 bits per heavy atom. The van der Waals surface area contributed by atoms with Gasteiger partial charge in [0.2, 0.25) is 10.0 Å². The second-order valence-electron chi connectivity index (χ2n) is 6.17. The van der Waals surface area contributed by atoms with E-state index in [9.17, 15) is 18.0 Å². The fourth-order valence-corrected chi connectivity index (χ4v) is 5.56. The maximum atomic E-state index is 12.8. The lowest BCUT2D eigenvalue weighted by Gasteiger charge is -2.29. The maximum Gasteiger partial charge on any atom is 0.308 e. The van der Waals surface area contributed by atoms with Crippen molar-refractivity contribution in [3.8, 4) is 0 Å². The molecule has 9 heteroatoms. The summed E-state index contributed by atoms with van der Waals surface area (Å²) in [6.07, 6.45) is 0.856. The first-order valence-corrected chi connectivity index (χ1v) is 10.8. The molecule has 0 atom stereocenters. The summed E-state index contributed by atoms with van der Waals surface area (Å²) in [7, 11) is -2.36. The smallest absolute Gasteiger partial charge is 0.308 e. The zero-order valence-electron chi connectivity index (χ0n) is 14.8. The van der Waals surface area contributed by atoms with Crippen LogP contribution in [0.2, 0.25) is 0 Å². The van der Waals surface area contributed by atoms with Crippen LogP contribution >= 0.6 is 11.3 Å². The number of rotatable bonds is 5. The zero-order valence-corrected chi connectivity index (χ0v) is 16.4. The number of carbonyl (C=O) groups is 2. The second kappa shape index (κ2) is 8.20. The first kappa shape index (κ1) is 19.5. The number of esters is 1. The van der Waals surface area contributed by atoms with Gasteiger partial charge in [-0.25, -0.2) is 8.42 Å². The third kappa shape index (κ3) is 4.37. The molecule has 144 valence electrons. The lowest BCUT2D eigenvalue weighted by atomic mass is 9.99. The second-order valence-corrected chi connectivity index (χ2v) is 9.02. The molecule has 1 N–H and O–H groups in total. The van der Waals surface area contributed by atoms with Gasteiger partial charge in [0.1, 0.15) is 0 Å². The van der Waals surface area contributed by atoms with Gasteiger partial charge in [0, 0.05) is 24.2 Å². The molecule has 1 fully saturated rings. The fourth-order valence-electron chi connectivity index (χ4n) is 2.93. The number of ether oxygens (including phenoxy) is 1. The van der Waals surface area contributed by atoms with Gasteiger partial charge in [-0.1, -0.05) is 18.2 Å². The number of hydrogen-bond donors (Lipinski definition) is 1. The molecule has 1 aliphatic heterocycles. The number of amides is 1. The number of methoxy groups -OCH3 is 1. The minimum absolute atomic E-state index is 0.0993. The molecule has 3 rings (SSSR count). The summed E-state index contributed by atoms with van der Waals surface area (Å²) in [6, 6.07) is 10.4. The van der Waals surface area contributed by atoms with Gasteiger partial charge in [0.15, 0.2) is 0 Å². The van der Waals surface area contributed by atoms with Gasteiger partial charge in [-0.3, -0.25) is 9.59 Å². The van der Waals surface area contributed by atoms with E-state index in [1.165, 1.54) is 22.9 Å². The molecule has 0 radical (unpaired) electrons. The van der Waals surface area contributed by atoms with Crippen LogP contribution in [0.4, 0.5) is 5.69 Å². The predicted molar refractivity (Wildman–Crippen MR) is 102 cm³/mol. The van der Waals surface area contributed by atoms with E-state index in [-0.39, 0.29) is 35.8 Å². The highest BCUT2D eigenvalue weighted by molar-refractivity contribution is 7.89. The summed E-state index contributed by atoms with van der Waals surface area (Å²) in [5.41, 5.74) is 0.644. The summed E-state index contributed by atoms with van der Waals surface area (Å²) in [5.74, 6) is -0.921. The molecule has 2 aromatic rings. The number of carbonyl (C=O) groups excluding carboxylic acids is 2. The highest BCUT2D eigenvalue weighted by Crippen LogP contribution is 2.27. The van der Waals surface area contributed by atoms with Crippen molar-refractivity contribution >= 4 is 38.9 Å². The predicted octanol–water partition coefficient (Wildman–Crippen LogP) is 2.57. The minimum atomic E-state index is -3.69. The first-order valence-electron chi connectivity index (χ1n) is 8.44. The molecule has 2 heterocycles. The van der Waals surface area contributed by atoms with Crippen LogP contribution in [-0.2, 0) is 19.6 Å². The van der Waals surface area contributed by atoms with Crippen LogP contribution in [0.1, 0.15) is 22.5 Å². The Morgan fingerprint density at radius 1 is 1.19 bits per heavy atom. The van der Waals surface area contributed by atoms with Gasteiger partial charge in [-0.05, 0) is 31.0 Å². The number of para-hydroxylation sites is 1. The Balaban J connectivity index is 1.68. The quantitative estimate of drug-likeness (QED) is 0.768. The van der Waals surface area contributed by atoms with Crippen LogP contribution in [0.3, 0.4) is 0 Å². The van der Waals surface area contributed by atoms with Crippen LogP contribution in [0.5, 0.6) is 0 Å². The van der Waals surface area contributed by atoms with Crippen LogP contribution in [-0.4, -0.2) is 44.8 Å². The zero-order chi connectivity index (χ0) is 19.4. The van der Waals surface area contributed by atoms with E-state index in [0.717, 1.165) is 11.3 Å². The van der Waals surface area contributed by atoms with E-state index in [1.807, 2.05) is 6.07 Å². The SMILES string of the molecule is COC(=O)C1CCN(S(=O)(=O)c2csc(C(=O)Nc3ccccc3)c2)CC1. The Hall–Kier alpha value is -2.23. The Morgan fingerprint density at radius 2 is 1.85 bits per heavy atom. The molecule has 7 nitrogen and oxygen atoms in total. The highest BCUT2D eigenvalue weighted by atomic mass is 32.2. The monoisotopic (exact) mass is 408 g/mol. The average Bonchev–Trinajstić information content (AvgIpc) is 3.19. The number of sulfonamides is 1. The molecule has 0 aliphatic carbocycles. The van der Waals surface area contributed by atoms with Crippen LogP contribution in [0.25, 0.3) is 0 Å². The molecule has 0 bridgehead atoms. The standard InChI is InChI=1S/C18H20N2O5S2/c1-25-18(22)13-7-9-20(10-8-13)27(23,24)15-11-16(26-12-15)17(21)19-14-5-3-2-4-6-14/h2-6,11-13H,7-10H2,1H3,(H,19,21). The van der Waals surface area contributed by atoms with E-state index >= 15 is 0 Å². The van der Waals surface area contributed by atoms with Gasteiger partial charge >= 0.3 is 5.97 Å². The summed E-state index contributed by atoms with van der Waals surface area (Å²) >= 11 is 1.08. The molecule has 0 unspecified atom stereocenters. The number of piperidine rings is 1. The fraction of sp³-hybridized carbons (Fsp3) is 0.333. The van der Waals surface area contributed by atoms with Crippen molar-refractivity contribution in [1.82, 2.24) is 4.31 Å². The van der Waals surface area contributed by atoms with Crippen LogP contribution < -0.4 is 5.32 Å². The normalized spacial score (nSPS) is 16.0. The van der Waals surface area contributed by atoms with Gasteiger partial charge < -0.3 is 10.1 Å². The number of benzene rings is 1. The number of thiophene rings is 1. The molecule has 1 aromatic heterocycles. The molecule has 1 amide bonds. The summed E-state index contributed by atoms with van der Waals surface area (Å²) < 4.78 is 31.7. The van der Waals surface area contributed by atoms with Crippen LogP contribution in [0.15, 0.2) is 46.7 Å². The van der Waals surface area contributed by atoms with Crippen molar-refractivity contribution in [2.24, 2.45) is 5.92 Å². The van der Waals surface area contributed by atoms with Crippen molar-refractivity contribution in [2.45, 2.75) is 17.7 Å². The summed E-state index contributed by atoms with van der Waals surface area (Å²) in [4.78, 5) is 24.3. The lowest BCUT2D eigenvalue weighted by molar-refractivity contribution is -0.146. The molecule has 1 aromatic carbocycles. The van der Waals surface area contributed by atoms with E-state index in [2.05, 4.69) is 5.32 Å². The Kier molecular flexibility index (Phi) is 5.93. The van der Waals surface area contributed by atoms with Crippen molar-refractivity contribution in [3.05, 3.63) is 46.7 Å². The number of anilines is 1. The van der Waals surface area contributed by atoms with E-state index in [4.69, 9.17) is 4.74 Å². The molecule has 27 heavy (non-hydrogen) atoms. The van der Waals surface area contributed by atoms with Crippen molar-refractivity contribution in [1.29, 1.82) is 0 Å². The lowest BCUT2D eigenvalue weighted by Crippen LogP contribution is -2.40. The number of nitrogens with one attached hydrogen (secondary N) is 1. The first-order chi connectivity index (χ1) is 12.9. The summed E-state index contributed by atoms with van der Waals surface area (Å²) in [6.45, 7) is 0.507. The molecule has 1 saturated heterocycles. The van der Waals surface area contributed by atoms with Gasteiger partial charge in [0.25, 0.3) is 5.91 Å². The van der Waals surface area contributed by atoms with Gasteiger partial charge in [-0.2, -0.15) is 4.31 Å². The summed E-state index contributed by atoms with van der Waals surface area (Å²) in [5, 5.41) is 4.21. The topological polar surface area (TPSA) is 92.8 Å². The van der Waals surface area contributed by atoms with E-state index < -0.39 is 10.0 Å². The molecule has 0 saturated carbocycles. The molecular weight excluding hydrogens is 388 g/mol. The third-order valence-corrected chi connectivity index (χ3v) is 7.41. The minimum Gasteiger partial charge on any atom is -0.469 e. The van der Waals surface area contributed by atoms with Crippen molar-refractivity contribution in [2.75, 3.05) is 25.5 Å². The third-order valence-electron chi connectivity index (χ3n) is 4.46. The van der Waals surface area contributed by atoms with Gasteiger partial charge in [0.05, 0.1) is 22.8 Å². The molecular formula is C18H20N2O5S2. The Bertz CT molecular complexity index is 916. The van der Waals surface area contributed by atoms with E-state index in [0.29, 0.717) is 23.4 Å². The van der Waals surface area contributed by atoms with E-state index in [1.54, 1.807) is 24.3 Å². The number of hydrogen-bond acceptors (Lipinski definition) is 6. The average molecular weight is 409 g/mol. The largest absolute Gasteiger partial charge is 0.469 e. The Labute approximate surface area is 162 Å². The van der Waals surface area contributed by atoms with Crippen LogP contribution in [0, 0.1) is 5.92 Å². The molecule has 1 aliphatic rings. The van der Waals surface area contributed by atoms with Gasteiger partial charge in [-0.15, -0.1) is 11.3 Å².